The molecule has 0 N–H and O–H groups in total. The van der Waals surface area contributed by atoms with Crippen molar-refractivity contribution in [2.24, 2.45) is 0 Å². The maximum absolute atomic E-state index is 12.0. The SMILES string of the molecule is FC(F)(F)Oc1cccc(CCCBr)c1Cl. The predicted octanol–water partition coefficient (Wildman–Crippen LogP) is 4.57. The lowest BCUT2D eigenvalue weighted by molar-refractivity contribution is -0.274. The molecule has 0 saturated carbocycles. The number of ether oxygens (including phenoxy) is 1. The molecule has 6 heteroatoms. The summed E-state index contributed by atoms with van der Waals surface area (Å²) in [4.78, 5) is 0. The highest BCUT2D eigenvalue weighted by molar-refractivity contribution is 9.09. The van der Waals surface area contributed by atoms with Gasteiger partial charge in [-0.3, -0.25) is 0 Å². The van der Waals surface area contributed by atoms with E-state index in [0.717, 1.165) is 11.8 Å². The van der Waals surface area contributed by atoms with Crippen molar-refractivity contribution in [3.8, 4) is 5.75 Å². The molecule has 0 fully saturated rings. The van der Waals surface area contributed by atoms with Crippen molar-refractivity contribution in [2.75, 3.05) is 5.33 Å². The Morgan fingerprint density at radius 1 is 1.31 bits per heavy atom. The van der Waals surface area contributed by atoms with Gasteiger partial charge in [0.05, 0.1) is 5.02 Å². The van der Waals surface area contributed by atoms with Crippen LogP contribution >= 0.6 is 27.5 Å². The molecule has 1 rings (SSSR count). The number of halogens is 5. The second-order valence-corrected chi connectivity index (χ2v) is 4.24. The third-order valence-electron chi connectivity index (χ3n) is 1.85. The fourth-order valence-electron chi connectivity index (χ4n) is 1.21. The van der Waals surface area contributed by atoms with Crippen LogP contribution in [0.3, 0.4) is 0 Å². The number of hydrogen-bond acceptors (Lipinski definition) is 1. The van der Waals surface area contributed by atoms with Gasteiger partial charge in [-0.1, -0.05) is 39.7 Å². The first kappa shape index (κ1) is 13.6. The van der Waals surface area contributed by atoms with Gasteiger partial charge in [0.15, 0.2) is 0 Å². The van der Waals surface area contributed by atoms with E-state index in [2.05, 4.69) is 20.7 Å². The first-order chi connectivity index (χ1) is 7.44. The molecule has 90 valence electrons. The van der Waals surface area contributed by atoms with Crippen molar-refractivity contribution in [3.63, 3.8) is 0 Å². The number of rotatable bonds is 4. The van der Waals surface area contributed by atoms with Crippen molar-refractivity contribution in [1.29, 1.82) is 0 Å². The molecule has 0 spiro atoms. The molecule has 0 saturated heterocycles. The Hall–Kier alpha value is -0.420. The summed E-state index contributed by atoms with van der Waals surface area (Å²) in [7, 11) is 0. The summed E-state index contributed by atoms with van der Waals surface area (Å²) in [6.07, 6.45) is -3.30. The molecule has 1 aromatic carbocycles. The van der Waals surface area contributed by atoms with Gasteiger partial charge in [-0.25, -0.2) is 0 Å². The van der Waals surface area contributed by atoms with Crippen LogP contribution in [-0.2, 0) is 6.42 Å². The number of benzene rings is 1. The van der Waals surface area contributed by atoms with Gasteiger partial charge in [0.25, 0.3) is 0 Å². The monoisotopic (exact) mass is 316 g/mol. The average molecular weight is 318 g/mol. The van der Waals surface area contributed by atoms with Crippen LogP contribution in [-0.4, -0.2) is 11.7 Å². The molecule has 0 aliphatic rings. The van der Waals surface area contributed by atoms with Gasteiger partial charge >= 0.3 is 6.36 Å². The second kappa shape index (κ2) is 5.77. The predicted molar refractivity (Wildman–Crippen MR) is 60.3 cm³/mol. The summed E-state index contributed by atoms with van der Waals surface area (Å²) >= 11 is 9.05. The minimum atomic E-state index is -4.71. The highest BCUT2D eigenvalue weighted by atomic mass is 79.9. The third-order valence-corrected chi connectivity index (χ3v) is 2.84. The van der Waals surface area contributed by atoms with E-state index in [0.29, 0.717) is 12.0 Å². The molecule has 0 aliphatic heterocycles. The van der Waals surface area contributed by atoms with Crippen molar-refractivity contribution in [2.45, 2.75) is 19.2 Å². The van der Waals surface area contributed by atoms with Gasteiger partial charge in [0.2, 0.25) is 0 Å². The van der Waals surface area contributed by atoms with Crippen LogP contribution in [0, 0.1) is 0 Å². The average Bonchev–Trinajstić information content (AvgIpc) is 2.17. The Morgan fingerprint density at radius 3 is 2.56 bits per heavy atom. The molecule has 16 heavy (non-hydrogen) atoms. The second-order valence-electron chi connectivity index (χ2n) is 3.07. The van der Waals surface area contributed by atoms with Crippen LogP contribution in [0.1, 0.15) is 12.0 Å². The van der Waals surface area contributed by atoms with Gasteiger partial charge in [-0.2, -0.15) is 0 Å². The molecular weight excluding hydrogens is 308 g/mol. The largest absolute Gasteiger partial charge is 0.573 e. The highest BCUT2D eigenvalue weighted by Crippen LogP contribution is 2.33. The standard InChI is InChI=1S/C10H9BrClF3O/c11-6-2-4-7-3-1-5-8(9(7)12)16-10(13,14)15/h1,3,5H,2,4,6H2. The van der Waals surface area contributed by atoms with Gasteiger partial charge < -0.3 is 4.74 Å². The molecule has 1 nitrogen and oxygen atoms in total. The van der Waals surface area contributed by atoms with E-state index in [1.165, 1.54) is 12.1 Å². The van der Waals surface area contributed by atoms with E-state index in [4.69, 9.17) is 11.6 Å². The highest BCUT2D eigenvalue weighted by Gasteiger charge is 2.32. The zero-order valence-electron chi connectivity index (χ0n) is 8.15. The van der Waals surface area contributed by atoms with Crippen molar-refractivity contribution in [3.05, 3.63) is 28.8 Å². The first-order valence-corrected chi connectivity index (χ1v) is 6.03. The Kier molecular flexibility index (Phi) is 4.92. The van der Waals surface area contributed by atoms with E-state index < -0.39 is 6.36 Å². The van der Waals surface area contributed by atoms with Gasteiger partial charge in [-0.15, -0.1) is 13.2 Å². The molecule has 0 heterocycles. The summed E-state index contributed by atoms with van der Waals surface area (Å²) in [6, 6.07) is 4.39. The molecule has 0 aromatic heterocycles. The Morgan fingerprint density at radius 2 is 2.00 bits per heavy atom. The van der Waals surface area contributed by atoms with Crippen LogP contribution < -0.4 is 4.74 Å². The lowest BCUT2D eigenvalue weighted by Crippen LogP contribution is -2.17. The van der Waals surface area contributed by atoms with Crippen LogP contribution in [0.25, 0.3) is 0 Å². The molecule has 0 amide bonds. The van der Waals surface area contributed by atoms with Crippen LogP contribution in [0.5, 0.6) is 5.75 Å². The summed E-state index contributed by atoms with van der Waals surface area (Å²) in [5, 5.41) is 0.800. The number of hydrogen-bond donors (Lipinski definition) is 0. The molecule has 0 unspecified atom stereocenters. The molecule has 0 atom stereocenters. The summed E-state index contributed by atoms with van der Waals surface area (Å²) in [6.45, 7) is 0. The Bertz CT molecular complexity index is 354. The van der Waals surface area contributed by atoms with Gasteiger partial charge in [-0.05, 0) is 24.5 Å². The molecule has 0 aliphatic carbocycles. The van der Waals surface area contributed by atoms with Gasteiger partial charge in [0, 0.05) is 5.33 Å². The zero-order valence-corrected chi connectivity index (χ0v) is 10.5. The fraction of sp³-hybridized carbons (Fsp3) is 0.400. The summed E-state index contributed by atoms with van der Waals surface area (Å²) < 4.78 is 39.9. The number of alkyl halides is 4. The van der Waals surface area contributed by atoms with Crippen LogP contribution in [0.4, 0.5) is 13.2 Å². The Balaban J connectivity index is 2.86. The van der Waals surface area contributed by atoms with E-state index in [9.17, 15) is 13.2 Å². The third kappa shape index (κ3) is 4.22. The van der Waals surface area contributed by atoms with E-state index in [1.807, 2.05) is 0 Å². The zero-order chi connectivity index (χ0) is 12.2. The normalized spacial score (nSPS) is 11.6. The minimum Gasteiger partial charge on any atom is -0.404 e. The maximum Gasteiger partial charge on any atom is 0.573 e. The minimum absolute atomic E-state index is 0.0285. The first-order valence-electron chi connectivity index (χ1n) is 4.53. The van der Waals surface area contributed by atoms with Crippen LogP contribution in [0.15, 0.2) is 18.2 Å². The smallest absolute Gasteiger partial charge is 0.404 e. The van der Waals surface area contributed by atoms with E-state index >= 15 is 0 Å². The van der Waals surface area contributed by atoms with Crippen molar-refractivity contribution >= 4 is 27.5 Å². The van der Waals surface area contributed by atoms with Crippen molar-refractivity contribution in [1.82, 2.24) is 0 Å². The topological polar surface area (TPSA) is 9.23 Å². The summed E-state index contributed by atoms with van der Waals surface area (Å²) in [5.74, 6) is -0.346. The lowest BCUT2D eigenvalue weighted by Gasteiger charge is -2.12. The van der Waals surface area contributed by atoms with E-state index in [1.54, 1.807) is 6.07 Å². The summed E-state index contributed by atoms with van der Waals surface area (Å²) in [5.41, 5.74) is 0.655. The molecule has 0 bridgehead atoms. The quantitative estimate of drug-likeness (QED) is 0.739. The molecular formula is C10H9BrClF3O. The lowest BCUT2D eigenvalue weighted by atomic mass is 10.1. The fourth-order valence-corrected chi connectivity index (χ4v) is 1.75. The Labute approximate surface area is 105 Å². The molecule has 0 radical (unpaired) electrons. The van der Waals surface area contributed by atoms with E-state index in [-0.39, 0.29) is 10.8 Å². The van der Waals surface area contributed by atoms with Crippen LogP contribution in [0.2, 0.25) is 5.02 Å². The van der Waals surface area contributed by atoms with Crippen molar-refractivity contribution < 1.29 is 17.9 Å². The maximum atomic E-state index is 12.0. The van der Waals surface area contributed by atoms with Gasteiger partial charge in [0.1, 0.15) is 5.75 Å². The number of aryl methyl sites for hydroxylation is 1. The molecule has 1 aromatic rings.